The first-order chi connectivity index (χ1) is 8.94. The number of carbonyl (C=O) groups excluding carboxylic acids is 1. The summed E-state index contributed by atoms with van der Waals surface area (Å²) in [6.07, 6.45) is -3.74. The van der Waals surface area contributed by atoms with E-state index in [9.17, 15) is 15.0 Å². The van der Waals surface area contributed by atoms with E-state index in [1.807, 2.05) is 39.3 Å². The maximum absolute atomic E-state index is 12.1. The Kier molecular flexibility index (Phi) is 5.56. The Labute approximate surface area is 122 Å². The number of hydrogen-bond acceptors (Lipinski definition) is 6. The second-order valence-electron chi connectivity index (χ2n) is 6.99. The molecule has 0 saturated carbocycles. The van der Waals surface area contributed by atoms with Gasteiger partial charge in [0.25, 0.3) is 0 Å². The van der Waals surface area contributed by atoms with Crippen LogP contribution in [0.25, 0.3) is 0 Å². The van der Waals surface area contributed by atoms with Crippen LogP contribution in [0.1, 0.15) is 0 Å². The highest BCUT2D eigenvalue weighted by Crippen LogP contribution is 2.27. The summed E-state index contributed by atoms with van der Waals surface area (Å²) in [5, 5.41) is 19.5. The molecule has 1 aliphatic heterocycles. The molecule has 0 bridgehead atoms. The van der Waals surface area contributed by atoms with Crippen LogP contribution < -0.4 is 0 Å². The molecule has 20 heavy (non-hydrogen) atoms. The second kappa shape index (κ2) is 6.24. The summed E-state index contributed by atoms with van der Waals surface area (Å²) in [4.78, 5) is 12.1. The fourth-order valence-corrected chi connectivity index (χ4v) is 4.06. The van der Waals surface area contributed by atoms with Gasteiger partial charge in [0.2, 0.25) is 0 Å². The maximum Gasteiger partial charge on any atom is 0.337 e. The van der Waals surface area contributed by atoms with E-state index >= 15 is 0 Å². The zero-order valence-corrected chi connectivity index (χ0v) is 15.0. The van der Waals surface area contributed by atoms with Crippen LogP contribution in [0.15, 0.2) is 0 Å². The van der Waals surface area contributed by atoms with Crippen molar-refractivity contribution in [3.05, 3.63) is 0 Å². The quantitative estimate of drug-likeness (QED) is 0.573. The molecule has 0 aromatic rings. The highest BCUT2D eigenvalue weighted by atomic mass is 28.4. The predicted octanol–water partition coefficient (Wildman–Crippen LogP) is 0.705. The van der Waals surface area contributed by atoms with Crippen LogP contribution in [-0.4, -0.2) is 63.8 Å². The van der Waals surface area contributed by atoms with E-state index in [1.54, 1.807) is 0 Å². The summed E-state index contributed by atoms with van der Waals surface area (Å²) < 4.78 is 16.8. The summed E-state index contributed by atoms with van der Waals surface area (Å²) >= 11 is 0. The van der Waals surface area contributed by atoms with Crippen molar-refractivity contribution in [2.45, 2.75) is 63.7 Å². The van der Waals surface area contributed by atoms with Crippen LogP contribution in [-0.2, 0) is 18.4 Å². The van der Waals surface area contributed by atoms with Crippen molar-refractivity contribution in [2.75, 3.05) is 6.61 Å². The molecule has 1 rings (SSSR count). The van der Waals surface area contributed by atoms with Crippen LogP contribution in [0.4, 0.5) is 0 Å². The van der Waals surface area contributed by atoms with Crippen molar-refractivity contribution in [2.24, 2.45) is 0 Å². The number of aliphatic hydroxyl groups excluding tert-OH is 2. The predicted molar refractivity (Wildman–Crippen MR) is 79.4 cm³/mol. The first kappa shape index (κ1) is 17.8. The zero-order chi connectivity index (χ0) is 15.7. The Morgan fingerprint density at radius 2 is 1.60 bits per heavy atom. The lowest BCUT2D eigenvalue weighted by atomic mass is 10.0. The second-order valence-corrected chi connectivity index (χ2v) is 15.9. The largest absolute Gasteiger partial charge is 0.455 e. The van der Waals surface area contributed by atoms with Gasteiger partial charge in [-0.25, -0.2) is 4.79 Å². The molecule has 6 nitrogen and oxygen atoms in total. The number of hydrogen-bond donors (Lipinski definition) is 2. The monoisotopic (exact) mass is 322 g/mol. The summed E-state index contributed by atoms with van der Waals surface area (Å²) in [6, 6.07) is 0. The first-order valence-electron chi connectivity index (χ1n) is 6.79. The Balaban J connectivity index is 3.00. The molecule has 1 heterocycles. The van der Waals surface area contributed by atoms with Gasteiger partial charge < -0.3 is 23.8 Å². The molecule has 8 heteroatoms. The van der Waals surface area contributed by atoms with Crippen LogP contribution >= 0.6 is 0 Å². The normalized spacial score (nSPS) is 32.1. The SMILES string of the molecule is C[Si](C)(C)O[C@H]1[C@H](O)[C@@H](CO)OC(=O)[C@@H]1O[Si](C)(C)C. The lowest BCUT2D eigenvalue weighted by molar-refractivity contribution is -0.201. The Bertz CT molecular complexity index is 349. The molecular weight excluding hydrogens is 296 g/mol. The van der Waals surface area contributed by atoms with Gasteiger partial charge in [-0.2, -0.15) is 0 Å². The summed E-state index contributed by atoms with van der Waals surface area (Å²) in [5.41, 5.74) is 0. The molecule has 1 fully saturated rings. The van der Waals surface area contributed by atoms with Gasteiger partial charge in [-0.05, 0) is 39.3 Å². The molecule has 0 radical (unpaired) electrons. The van der Waals surface area contributed by atoms with Crippen LogP contribution in [0, 0.1) is 0 Å². The highest BCUT2D eigenvalue weighted by molar-refractivity contribution is 6.70. The number of aliphatic hydroxyl groups is 2. The molecule has 118 valence electrons. The fourth-order valence-electron chi connectivity index (χ4n) is 1.99. The van der Waals surface area contributed by atoms with Gasteiger partial charge >= 0.3 is 5.97 Å². The van der Waals surface area contributed by atoms with Crippen LogP contribution in [0.3, 0.4) is 0 Å². The fraction of sp³-hybridized carbons (Fsp3) is 0.917. The molecule has 0 amide bonds. The molecule has 0 unspecified atom stereocenters. The van der Waals surface area contributed by atoms with E-state index in [0.717, 1.165) is 0 Å². The minimum atomic E-state index is -2.00. The third-order valence-corrected chi connectivity index (χ3v) is 4.61. The standard InChI is InChI=1S/C12H26O6Si2/c1-19(2,3)17-10-9(14)8(7-13)16-12(15)11(10)18-20(4,5)6/h8-11,13-14H,7H2,1-6H3/t8-,9-,10+,11-/m1/s1. The van der Waals surface area contributed by atoms with Crippen molar-refractivity contribution >= 4 is 22.6 Å². The number of carbonyl (C=O) groups is 1. The van der Waals surface area contributed by atoms with Gasteiger partial charge in [0.15, 0.2) is 28.8 Å². The molecular formula is C12H26O6Si2. The van der Waals surface area contributed by atoms with E-state index < -0.39 is 53.6 Å². The molecule has 1 aliphatic rings. The Morgan fingerprint density at radius 1 is 1.10 bits per heavy atom. The molecule has 4 atom stereocenters. The van der Waals surface area contributed by atoms with Crippen molar-refractivity contribution in [1.29, 1.82) is 0 Å². The van der Waals surface area contributed by atoms with Gasteiger partial charge in [-0.1, -0.05) is 0 Å². The van der Waals surface area contributed by atoms with Crippen molar-refractivity contribution in [1.82, 2.24) is 0 Å². The highest BCUT2D eigenvalue weighted by Gasteiger charge is 2.49. The Hall–Kier alpha value is -0.256. The molecule has 0 aromatic heterocycles. The Morgan fingerprint density at radius 3 is 2.00 bits per heavy atom. The molecule has 1 saturated heterocycles. The van der Waals surface area contributed by atoms with E-state index in [-0.39, 0.29) is 0 Å². The summed E-state index contributed by atoms with van der Waals surface area (Å²) in [5.74, 6) is -0.569. The smallest absolute Gasteiger partial charge is 0.337 e. The summed E-state index contributed by atoms with van der Waals surface area (Å²) in [6.45, 7) is 11.3. The maximum atomic E-state index is 12.1. The summed E-state index contributed by atoms with van der Waals surface area (Å²) in [7, 11) is -3.99. The van der Waals surface area contributed by atoms with Gasteiger partial charge in [-0.3, -0.25) is 0 Å². The van der Waals surface area contributed by atoms with Crippen molar-refractivity contribution in [3.8, 4) is 0 Å². The number of esters is 1. The molecule has 2 N–H and O–H groups in total. The van der Waals surface area contributed by atoms with E-state index in [4.69, 9.17) is 13.6 Å². The minimum Gasteiger partial charge on any atom is -0.455 e. The number of ether oxygens (including phenoxy) is 1. The molecule has 0 spiro atoms. The first-order valence-corrected chi connectivity index (χ1v) is 13.6. The average Bonchev–Trinajstić information content (AvgIpc) is 2.25. The third kappa shape index (κ3) is 4.94. The molecule has 0 aromatic carbocycles. The van der Waals surface area contributed by atoms with Gasteiger partial charge in [-0.15, -0.1) is 0 Å². The third-order valence-electron chi connectivity index (χ3n) is 2.67. The average molecular weight is 323 g/mol. The van der Waals surface area contributed by atoms with E-state index in [2.05, 4.69) is 0 Å². The lowest BCUT2D eigenvalue weighted by Gasteiger charge is -2.42. The van der Waals surface area contributed by atoms with Crippen molar-refractivity contribution < 1.29 is 28.6 Å². The van der Waals surface area contributed by atoms with Gasteiger partial charge in [0, 0.05) is 0 Å². The van der Waals surface area contributed by atoms with Crippen LogP contribution in [0.2, 0.25) is 39.3 Å². The van der Waals surface area contributed by atoms with Gasteiger partial charge in [0.05, 0.1) is 6.61 Å². The van der Waals surface area contributed by atoms with Crippen molar-refractivity contribution in [3.63, 3.8) is 0 Å². The van der Waals surface area contributed by atoms with Gasteiger partial charge in [0.1, 0.15) is 12.2 Å². The van der Waals surface area contributed by atoms with E-state index in [1.165, 1.54) is 0 Å². The molecule has 0 aliphatic carbocycles. The number of rotatable bonds is 5. The van der Waals surface area contributed by atoms with Crippen LogP contribution in [0.5, 0.6) is 0 Å². The topological polar surface area (TPSA) is 85.2 Å². The number of cyclic esters (lactones) is 1. The zero-order valence-electron chi connectivity index (χ0n) is 13.0. The van der Waals surface area contributed by atoms with E-state index in [0.29, 0.717) is 0 Å². The minimum absolute atomic E-state index is 0.432. The lowest BCUT2D eigenvalue weighted by Crippen LogP contribution is -2.62.